The Kier molecular flexibility index (Phi) is 9.21. The molecule has 0 radical (unpaired) electrons. The predicted molar refractivity (Wildman–Crippen MR) is 118 cm³/mol. The van der Waals surface area contributed by atoms with Gasteiger partial charge in [-0.25, -0.2) is 13.1 Å². The second kappa shape index (κ2) is 11.8. The van der Waals surface area contributed by atoms with E-state index in [0.717, 1.165) is 18.4 Å². The van der Waals surface area contributed by atoms with Crippen LogP contribution in [0.5, 0.6) is 0 Å². The monoisotopic (exact) mass is 459 g/mol. The summed E-state index contributed by atoms with van der Waals surface area (Å²) >= 11 is 0. The maximum absolute atomic E-state index is 12.5. The molecule has 0 aliphatic carbocycles. The van der Waals surface area contributed by atoms with Gasteiger partial charge >= 0.3 is 5.97 Å². The highest BCUT2D eigenvalue weighted by Crippen LogP contribution is 2.13. The van der Waals surface area contributed by atoms with Gasteiger partial charge in [0, 0.05) is 29.6 Å². The summed E-state index contributed by atoms with van der Waals surface area (Å²) in [6.07, 6.45) is 1.48. The van der Waals surface area contributed by atoms with Gasteiger partial charge in [0.15, 0.2) is 0 Å². The van der Waals surface area contributed by atoms with Crippen molar-refractivity contribution >= 4 is 21.9 Å². The molecule has 0 heterocycles. The van der Waals surface area contributed by atoms with Crippen molar-refractivity contribution in [3.63, 3.8) is 0 Å². The molecular weight excluding hydrogens is 434 g/mol. The Hall–Kier alpha value is -3.40. The number of carboxylic acid groups (broad SMARTS) is 1. The maximum atomic E-state index is 12.5. The van der Waals surface area contributed by atoms with Crippen molar-refractivity contribution in [2.24, 2.45) is 5.11 Å². The molecule has 2 aromatic rings. The Bertz CT molecular complexity index is 1070. The molecule has 2 aromatic carbocycles. The van der Waals surface area contributed by atoms with E-state index in [1.54, 1.807) is 36.4 Å². The van der Waals surface area contributed by atoms with E-state index in [-0.39, 0.29) is 30.0 Å². The summed E-state index contributed by atoms with van der Waals surface area (Å²) in [5.41, 5.74) is 10.4. The summed E-state index contributed by atoms with van der Waals surface area (Å²) < 4.78 is 27.5. The summed E-state index contributed by atoms with van der Waals surface area (Å²) in [4.78, 5) is 26.0. The highest BCUT2D eigenvalue weighted by atomic mass is 32.2. The SMILES string of the molecule is CCCc1ccc(S(=O)(=O)NCc2ccc(C(=O)N[C@H](CN=[N+]=[N-])CC(=O)O)cc2)cc1. The van der Waals surface area contributed by atoms with Crippen LogP contribution in [-0.2, 0) is 27.8 Å². The van der Waals surface area contributed by atoms with Crippen LogP contribution in [0.2, 0.25) is 0 Å². The van der Waals surface area contributed by atoms with E-state index < -0.39 is 27.9 Å². The number of hydrogen-bond donors (Lipinski definition) is 3. The lowest BCUT2D eigenvalue weighted by molar-refractivity contribution is -0.137. The van der Waals surface area contributed by atoms with Crippen LogP contribution in [0.3, 0.4) is 0 Å². The quantitative estimate of drug-likeness (QED) is 0.252. The van der Waals surface area contributed by atoms with Crippen molar-refractivity contribution in [2.45, 2.75) is 43.7 Å². The number of sulfonamides is 1. The highest BCUT2D eigenvalue weighted by molar-refractivity contribution is 7.89. The molecule has 0 saturated carbocycles. The molecule has 0 unspecified atom stereocenters. The zero-order valence-corrected chi connectivity index (χ0v) is 18.4. The van der Waals surface area contributed by atoms with Gasteiger partial charge in [-0.05, 0) is 47.3 Å². The smallest absolute Gasteiger partial charge is 0.305 e. The van der Waals surface area contributed by atoms with Crippen molar-refractivity contribution in [1.29, 1.82) is 0 Å². The number of nitrogens with one attached hydrogen (secondary N) is 2. The van der Waals surface area contributed by atoms with Crippen LogP contribution in [-0.4, -0.2) is 38.0 Å². The second-order valence-electron chi connectivity index (χ2n) is 7.10. The normalized spacial score (nSPS) is 11.9. The number of rotatable bonds is 12. The van der Waals surface area contributed by atoms with Gasteiger partial charge in [-0.15, -0.1) is 0 Å². The maximum Gasteiger partial charge on any atom is 0.305 e. The molecule has 32 heavy (non-hydrogen) atoms. The van der Waals surface area contributed by atoms with E-state index >= 15 is 0 Å². The van der Waals surface area contributed by atoms with Crippen LogP contribution >= 0.6 is 0 Å². The number of amides is 1. The lowest BCUT2D eigenvalue weighted by atomic mass is 10.1. The average Bonchev–Trinajstić information content (AvgIpc) is 2.76. The minimum Gasteiger partial charge on any atom is -0.481 e. The first-order chi connectivity index (χ1) is 15.2. The number of carbonyl (C=O) groups is 2. The molecule has 0 aliphatic rings. The van der Waals surface area contributed by atoms with Crippen molar-refractivity contribution < 1.29 is 23.1 Å². The average molecular weight is 460 g/mol. The van der Waals surface area contributed by atoms with Gasteiger partial charge in [-0.3, -0.25) is 9.59 Å². The van der Waals surface area contributed by atoms with Crippen LogP contribution < -0.4 is 10.0 Å². The molecule has 1 amide bonds. The molecule has 1 atom stereocenters. The number of carboxylic acids is 1. The summed E-state index contributed by atoms with van der Waals surface area (Å²) in [5, 5.41) is 14.7. The molecule has 11 heteroatoms. The fourth-order valence-corrected chi connectivity index (χ4v) is 3.95. The zero-order chi connectivity index (χ0) is 23.6. The second-order valence-corrected chi connectivity index (χ2v) is 8.86. The molecule has 3 N–H and O–H groups in total. The molecule has 0 aliphatic heterocycles. The van der Waals surface area contributed by atoms with E-state index in [4.69, 9.17) is 10.6 Å². The Labute approximate surface area is 186 Å². The zero-order valence-electron chi connectivity index (χ0n) is 17.6. The number of aliphatic carboxylic acids is 1. The standard InChI is InChI=1S/C21H25N5O5S/c1-2-3-15-6-10-19(11-7-15)32(30,31)24-13-16-4-8-17(9-5-16)21(29)25-18(12-20(27)28)14-23-26-22/h4-11,18,24H,2-3,12-14H2,1H3,(H,25,29)(H,27,28)/t18-/m0/s1. The van der Waals surface area contributed by atoms with Crippen LogP contribution in [0.4, 0.5) is 0 Å². The summed E-state index contributed by atoms with van der Waals surface area (Å²) in [6.45, 7) is 1.91. The van der Waals surface area contributed by atoms with Crippen LogP contribution in [0, 0.1) is 0 Å². The lowest BCUT2D eigenvalue weighted by Crippen LogP contribution is -2.38. The fourth-order valence-electron chi connectivity index (χ4n) is 2.94. The van der Waals surface area contributed by atoms with Crippen LogP contribution in [0.1, 0.15) is 41.3 Å². The first kappa shape index (κ1) is 24.9. The Morgan fingerprint density at radius 1 is 1.09 bits per heavy atom. The number of hydrogen-bond acceptors (Lipinski definition) is 5. The van der Waals surface area contributed by atoms with E-state index in [1.807, 2.05) is 0 Å². The molecule has 0 spiro atoms. The minimum atomic E-state index is -3.68. The number of aryl methyl sites for hydroxylation is 1. The summed E-state index contributed by atoms with van der Waals surface area (Å²) in [5.74, 6) is -1.66. The molecule has 2 rings (SSSR count). The van der Waals surface area contributed by atoms with E-state index in [1.165, 1.54) is 12.1 Å². The minimum absolute atomic E-state index is 0.0411. The van der Waals surface area contributed by atoms with Crippen LogP contribution in [0.15, 0.2) is 58.5 Å². The molecule has 0 bridgehead atoms. The van der Waals surface area contributed by atoms with Gasteiger partial charge < -0.3 is 10.4 Å². The highest BCUT2D eigenvalue weighted by Gasteiger charge is 2.17. The van der Waals surface area contributed by atoms with Crippen molar-refractivity contribution in [1.82, 2.24) is 10.0 Å². The van der Waals surface area contributed by atoms with E-state index in [0.29, 0.717) is 5.56 Å². The Morgan fingerprint density at radius 3 is 2.28 bits per heavy atom. The van der Waals surface area contributed by atoms with Gasteiger partial charge in [0.05, 0.1) is 11.3 Å². The third-order valence-electron chi connectivity index (χ3n) is 4.58. The summed E-state index contributed by atoms with van der Waals surface area (Å²) in [7, 11) is -3.68. The Morgan fingerprint density at radius 2 is 1.72 bits per heavy atom. The van der Waals surface area contributed by atoms with Crippen molar-refractivity contribution in [3.8, 4) is 0 Å². The number of azide groups is 1. The van der Waals surface area contributed by atoms with Gasteiger partial charge in [0.1, 0.15) is 0 Å². The van der Waals surface area contributed by atoms with Gasteiger partial charge in [-0.2, -0.15) is 0 Å². The number of nitrogens with zero attached hydrogens (tertiary/aromatic N) is 3. The van der Waals surface area contributed by atoms with E-state index in [2.05, 4.69) is 27.0 Å². The van der Waals surface area contributed by atoms with Crippen LogP contribution in [0.25, 0.3) is 10.4 Å². The molecule has 0 fully saturated rings. The topological polar surface area (TPSA) is 161 Å². The molecular formula is C21H25N5O5S. The first-order valence-electron chi connectivity index (χ1n) is 9.96. The van der Waals surface area contributed by atoms with E-state index in [9.17, 15) is 18.0 Å². The fraction of sp³-hybridized carbons (Fsp3) is 0.333. The third kappa shape index (κ3) is 7.69. The van der Waals surface area contributed by atoms with Gasteiger partial charge in [0.25, 0.3) is 5.91 Å². The number of benzene rings is 2. The largest absolute Gasteiger partial charge is 0.481 e. The predicted octanol–water partition coefficient (Wildman–Crippen LogP) is 3.00. The third-order valence-corrected chi connectivity index (χ3v) is 5.99. The Balaban J connectivity index is 1.98. The van der Waals surface area contributed by atoms with Crippen molar-refractivity contribution in [3.05, 3.63) is 75.7 Å². The van der Waals surface area contributed by atoms with Gasteiger partial charge in [-0.1, -0.05) is 42.7 Å². The van der Waals surface area contributed by atoms with Crippen molar-refractivity contribution in [2.75, 3.05) is 6.54 Å². The van der Waals surface area contributed by atoms with Gasteiger partial charge in [0.2, 0.25) is 10.0 Å². The summed E-state index contributed by atoms with van der Waals surface area (Å²) in [6, 6.07) is 12.1. The lowest BCUT2D eigenvalue weighted by Gasteiger charge is -2.14. The first-order valence-corrected chi connectivity index (χ1v) is 11.4. The number of carbonyl (C=O) groups excluding carboxylic acids is 1. The molecule has 10 nitrogen and oxygen atoms in total. The molecule has 0 saturated heterocycles. The molecule has 0 aromatic heterocycles. The molecule has 170 valence electrons.